The second kappa shape index (κ2) is 6.13. The summed E-state index contributed by atoms with van der Waals surface area (Å²) in [4.78, 5) is 20.7. The fourth-order valence-corrected chi connectivity index (χ4v) is 2.11. The minimum Gasteiger partial charge on any atom is -0.267 e. The average molecular weight is 290 g/mol. The minimum absolute atomic E-state index is 0.289. The SMILES string of the molecule is Cc1nc2ccccc2cc1C(=O)N/N=C/c1ccccn1. The number of hydrogen-bond donors (Lipinski definition) is 1. The molecule has 0 saturated carbocycles. The van der Waals surface area contributed by atoms with Crippen LogP contribution in [0.2, 0.25) is 0 Å². The Balaban J connectivity index is 1.80. The summed E-state index contributed by atoms with van der Waals surface area (Å²) in [5.41, 5.74) is 5.23. The molecule has 108 valence electrons. The van der Waals surface area contributed by atoms with E-state index in [9.17, 15) is 4.79 Å². The number of carbonyl (C=O) groups excluding carboxylic acids is 1. The van der Waals surface area contributed by atoms with Gasteiger partial charge in [0.1, 0.15) is 0 Å². The number of aromatic nitrogens is 2. The molecule has 3 aromatic rings. The van der Waals surface area contributed by atoms with Gasteiger partial charge in [-0.15, -0.1) is 0 Å². The molecule has 1 N–H and O–H groups in total. The van der Waals surface area contributed by atoms with Crippen LogP contribution in [0.1, 0.15) is 21.7 Å². The number of amides is 1. The molecule has 0 unspecified atom stereocenters. The average Bonchev–Trinajstić information content (AvgIpc) is 2.55. The van der Waals surface area contributed by atoms with Gasteiger partial charge in [0.2, 0.25) is 0 Å². The quantitative estimate of drug-likeness (QED) is 0.595. The van der Waals surface area contributed by atoms with E-state index in [1.807, 2.05) is 49.4 Å². The van der Waals surface area contributed by atoms with Gasteiger partial charge in [-0.2, -0.15) is 5.10 Å². The van der Waals surface area contributed by atoms with E-state index in [4.69, 9.17) is 0 Å². The Labute approximate surface area is 127 Å². The summed E-state index contributed by atoms with van der Waals surface area (Å²) in [5, 5.41) is 4.85. The molecule has 0 fully saturated rings. The second-order valence-electron chi connectivity index (χ2n) is 4.77. The van der Waals surface area contributed by atoms with E-state index in [-0.39, 0.29) is 5.91 Å². The number of fused-ring (bicyclic) bond motifs is 1. The molecule has 1 amide bonds. The van der Waals surface area contributed by atoms with Gasteiger partial charge in [0.05, 0.1) is 28.7 Å². The van der Waals surface area contributed by atoms with Crippen LogP contribution in [-0.2, 0) is 0 Å². The first-order valence-corrected chi connectivity index (χ1v) is 6.85. The summed E-state index contributed by atoms with van der Waals surface area (Å²) in [6.45, 7) is 1.81. The highest BCUT2D eigenvalue weighted by Crippen LogP contribution is 2.16. The van der Waals surface area contributed by atoms with Crippen LogP contribution < -0.4 is 5.43 Å². The zero-order valence-electron chi connectivity index (χ0n) is 12.0. The van der Waals surface area contributed by atoms with E-state index in [0.29, 0.717) is 17.0 Å². The number of nitrogens with one attached hydrogen (secondary N) is 1. The standard InChI is InChI=1S/C17H14N4O/c1-12-15(10-13-6-2-3-8-16(13)20-12)17(22)21-19-11-14-7-4-5-9-18-14/h2-11H,1H3,(H,21,22)/b19-11+. The zero-order valence-corrected chi connectivity index (χ0v) is 12.0. The van der Waals surface area contributed by atoms with E-state index in [0.717, 1.165) is 10.9 Å². The molecule has 5 heteroatoms. The molecule has 0 aliphatic carbocycles. The maximum Gasteiger partial charge on any atom is 0.273 e. The number of nitrogens with zero attached hydrogens (tertiary/aromatic N) is 3. The molecular formula is C17H14N4O. The molecule has 0 aliphatic rings. The van der Waals surface area contributed by atoms with E-state index in [1.165, 1.54) is 6.21 Å². The predicted octanol–water partition coefficient (Wildman–Crippen LogP) is 2.70. The van der Waals surface area contributed by atoms with Gasteiger partial charge in [0.15, 0.2) is 0 Å². The number of carbonyl (C=O) groups is 1. The topological polar surface area (TPSA) is 67.2 Å². The van der Waals surface area contributed by atoms with Crippen molar-refractivity contribution in [2.24, 2.45) is 5.10 Å². The molecule has 1 aromatic carbocycles. The van der Waals surface area contributed by atoms with Crippen molar-refractivity contribution in [1.29, 1.82) is 0 Å². The normalized spacial score (nSPS) is 11.0. The first-order chi connectivity index (χ1) is 10.7. The van der Waals surface area contributed by atoms with Crippen LogP contribution in [0.5, 0.6) is 0 Å². The molecule has 22 heavy (non-hydrogen) atoms. The number of para-hydroxylation sites is 1. The smallest absolute Gasteiger partial charge is 0.267 e. The summed E-state index contributed by atoms with van der Waals surface area (Å²) in [7, 11) is 0. The highest BCUT2D eigenvalue weighted by Gasteiger charge is 2.10. The van der Waals surface area contributed by atoms with Gasteiger partial charge in [-0.05, 0) is 31.2 Å². The lowest BCUT2D eigenvalue weighted by Crippen LogP contribution is -2.19. The van der Waals surface area contributed by atoms with Crippen molar-refractivity contribution in [2.45, 2.75) is 6.92 Å². The molecule has 3 rings (SSSR count). The van der Waals surface area contributed by atoms with Crippen LogP contribution >= 0.6 is 0 Å². The second-order valence-corrected chi connectivity index (χ2v) is 4.77. The molecule has 2 heterocycles. The summed E-state index contributed by atoms with van der Waals surface area (Å²) in [5.74, 6) is -0.289. The first kappa shape index (κ1) is 13.9. The maximum atomic E-state index is 12.2. The molecule has 0 bridgehead atoms. The van der Waals surface area contributed by atoms with Gasteiger partial charge in [0.25, 0.3) is 5.91 Å². The van der Waals surface area contributed by atoms with Gasteiger partial charge < -0.3 is 0 Å². The lowest BCUT2D eigenvalue weighted by atomic mass is 10.1. The van der Waals surface area contributed by atoms with Gasteiger partial charge in [-0.1, -0.05) is 24.3 Å². The number of hydrazone groups is 1. The zero-order chi connectivity index (χ0) is 15.4. The van der Waals surface area contributed by atoms with Crippen molar-refractivity contribution in [1.82, 2.24) is 15.4 Å². The first-order valence-electron chi connectivity index (χ1n) is 6.85. The fourth-order valence-electron chi connectivity index (χ4n) is 2.11. The molecular weight excluding hydrogens is 276 g/mol. The van der Waals surface area contributed by atoms with Crippen molar-refractivity contribution in [3.05, 3.63) is 71.7 Å². The molecule has 0 atom stereocenters. The van der Waals surface area contributed by atoms with Crippen LogP contribution in [-0.4, -0.2) is 22.1 Å². The van der Waals surface area contributed by atoms with Crippen molar-refractivity contribution in [3.8, 4) is 0 Å². The van der Waals surface area contributed by atoms with Crippen LogP contribution in [0, 0.1) is 6.92 Å². The Morgan fingerprint density at radius 2 is 2.00 bits per heavy atom. The minimum atomic E-state index is -0.289. The van der Waals surface area contributed by atoms with Gasteiger partial charge in [-0.3, -0.25) is 14.8 Å². The monoisotopic (exact) mass is 290 g/mol. The van der Waals surface area contributed by atoms with Crippen molar-refractivity contribution in [3.63, 3.8) is 0 Å². The third-order valence-corrected chi connectivity index (χ3v) is 3.21. The Hall–Kier alpha value is -3.08. The maximum absolute atomic E-state index is 12.2. The Bertz CT molecular complexity index is 844. The van der Waals surface area contributed by atoms with E-state index in [2.05, 4.69) is 20.5 Å². The van der Waals surface area contributed by atoms with Crippen molar-refractivity contribution < 1.29 is 4.79 Å². The summed E-state index contributed by atoms with van der Waals surface area (Å²) >= 11 is 0. The van der Waals surface area contributed by atoms with Crippen LogP contribution in [0.15, 0.2) is 59.8 Å². The van der Waals surface area contributed by atoms with Gasteiger partial charge in [0, 0.05) is 11.6 Å². The Morgan fingerprint density at radius 1 is 1.18 bits per heavy atom. The third-order valence-electron chi connectivity index (χ3n) is 3.21. The number of rotatable bonds is 3. The van der Waals surface area contributed by atoms with Crippen molar-refractivity contribution >= 4 is 23.0 Å². The summed E-state index contributed by atoms with van der Waals surface area (Å²) in [6, 6.07) is 15.0. The molecule has 2 aromatic heterocycles. The summed E-state index contributed by atoms with van der Waals surface area (Å²) < 4.78 is 0. The van der Waals surface area contributed by atoms with Gasteiger partial charge in [-0.25, -0.2) is 5.43 Å². The molecule has 5 nitrogen and oxygen atoms in total. The van der Waals surface area contributed by atoms with E-state index < -0.39 is 0 Å². The highest BCUT2D eigenvalue weighted by atomic mass is 16.2. The molecule has 0 spiro atoms. The fraction of sp³-hybridized carbons (Fsp3) is 0.0588. The number of hydrogen-bond acceptors (Lipinski definition) is 4. The molecule has 0 radical (unpaired) electrons. The lowest BCUT2D eigenvalue weighted by molar-refractivity contribution is 0.0954. The highest BCUT2D eigenvalue weighted by molar-refractivity contribution is 5.98. The number of benzene rings is 1. The number of pyridine rings is 2. The summed E-state index contributed by atoms with van der Waals surface area (Å²) in [6.07, 6.45) is 3.17. The Kier molecular flexibility index (Phi) is 3.87. The van der Waals surface area contributed by atoms with Gasteiger partial charge >= 0.3 is 0 Å². The third kappa shape index (κ3) is 2.98. The Morgan fingerprint density at radius 3 is 2.82 bits per heavy atom. The van der Waals surface area contributed by atoms with Crippen molar-refractivity contribution in [2.75, 3.05) is 0 Å². The number of aryl methyl sites for hydroxylation is 1. The van der Waals surface area contributed by atoms with Crippen LogP contribution in [0.25, 0.3) is 10.9 Å². The molecule has 0 aliphatic heterocycles. The van der Waals surface area contributed by atoms with E-state index >= 15 is 0 Å². The van der Waals surface area contributed by atoms with Crippen LogP contribution in [0.4, 0.5) is 0 Å². The lowest BCUT2D eigenvalue weighted by Gasteiger charge is -2.05. The van der Waals surface area contributed by atoms with Crippen LogP contribution in [0.3, 0.4) is 0 Å². The predicted molar refractivity (Wildman–Crippen MR) is 85.8 cm³/mol. The van der Waals surface area contributed by atoms with E-state index in [1.54, 1.807) is 12.3 Å². The molecule has 0 saturated heterocycles. The largest absolute Gasteiger partial charge is 0.273 e.